The molecule has 6 heteroatoms. The highest BCUT2D eigenvalue weighted by Crippen LogP contribution is 2.14. The molecule has 0 saturated heterocycles. The molecule has 1 heterocycles. The molecule has 0 saturated carbocycles. The van der Waals surface area contributed by atoms with Crippen molar-refractivity contribution in [2.24, 2.45) is 5.73 Å². The topological polar surface area (TPSA) is 55.9 Å². The maximum atomic E-state index is 13.6. The van der Waals surface area contributed by atoms with Crippen molar-refractivity contribution in [2.45, 2.75) is 6.54 Å². The van der Waals surface area contributed by atoms with Crippen LogP contribution < -0.4 is 11.1 Å². The van der Waals surface area contributed by atoms with Crippen LogP contribution in [0.3, 0.4) is 0 Å². The lowest BCUT2D eigenvalue weighted by Crippen LogP contribution is -2.13. The molecule has 2 rings (SSSR count). The van der Waals surface area contributed by atoms with Crippen molar-refractivity contribution in [3.8, 4) is 0 Å². The lowest BCUT2D eigenvalue weighted by Gasteiger charge is -2.08. The Morgan fingerprint density at radius 2 is 2.33 bits per heavy atom. The largest absolute Gasteiger partial charge is 0.389 e. The van der Waals surface area contributed by atoms with Gasteiger partial charge in [0.15, 0.2) is 0 Å². The normalized spacial score (nSPS) is 10.3. The molecule has 0 aliphatic heterocycles. The summed E-state index contributed by atoms with van der Waals surface area (Å²) in [5.41, 5.74) is 6.36. The minimum absolute atomic E-state index is 0.0671. The summed E-state index contributed by atoms with van der Waals surface area (Å²) in [5, 5.41) is 3.12. The van der Waals surface area contributed by atoms with Crippen LogP contribution in [0.2, 0.25) is 0 Å². The van der Waals surface area contributed by atoms with Gasteiger partial charge in [-0.3, -0.25) is 0 Å². The average Bonchev–Trinajstić information content (AvgIpc) is 2.81. The summed E-state index contributed by atoms with van der Waals surface area (Å²) in [7, 11) is 0. The van der Waals surface area contributed by atoms with Gasteiger partial charge in [-0.25, -0.2) is 9.37 Å². The number of aromatic nitrogens is 2. The van der Waals surface area contributed by atoms with Crippen molar-refractivity contribution in [2.75, 3.05) is 11.9 Å². The maximum Gasteiger partial charge on any atom is 0.135 e. The number of anilines is 1. The lowest BCUT2D eigenvalue weighted by molar-refractivity contribution is 0.625. The van der Waals surface area contributed by atoms with E-state index in [4.69, 9.17) is 18.0 Å². The predicted octanol–water partition coefficient (Wildman–Crippen LogP) is 1.77. The van der Waals surface area contributed by atoms with Crippen LogP contribution in [0.15, 0.2) is 36.9 Å². The second-order valence-electron chi connectivity index (χ2n) is 3.79. The van der Waals surface area contributed by atoms with Gasteiger partial charge in [0.1, 0.15) is 10.8 Å². The highest BCUT2D eigenvalue weighted by Gasteiger charge is 2.05. The Hall–Kier alpha value is -1.95. The predicted molar refractivity (Wildman–Crippen MR) is 73.0 cm³/mol. The highest BCUT2D eigenvalue weighted by molar-refractivity contribution is 7.80. The van der Waals surface area contributed by atoms with Crippen molar-refractivity contribution in [1.29, 1.82) is 0 Å². The van der Waals surface area contributed by atoms with Gasteiger partial charge in [-0.15, -0.1) is 0 Å². The van der Waals surface area contributed by atoms with E-state index in [2.05, 4.69) is 10.3 Å². The first kappa shape index (κ1) is 12.5. The van der Waals surface area contributed by atoms with Crippen LogP contribution in [-0.4, -0.2) is 21.1 Å². The second kappa shape index (κ2) is 5.59. The Morgan fingerprint density at radius 1 is 1.50 bits per heavy atom. The molecule has 4 nitrogen and oxygen atoms in total. The third kappa shape index (κ3) is 3.04. The van der Waals surface area contributed by atoms with Gasteiger partial charge in [-0.05, 0) is 18.2 Å². The van der Waals surface area contributed by atoms with E-state index in [1.165, 1.54) is 6.07 Å². The van der Waals surface area contributed by atoms with Gasteiger partial charge in [0.25, 0.3) is 0 Å². The molecule has 0 spiro atoms. The Morgan fingerprint density at radius 3 is 2.94 bits per heavy atom. The molecule has 0 aliphatic carbocycles. The minimum atomic E-state index is -0.407. The van der Waals surface area contributed by atoms with Crippen LogP contribution in [-0.2, 0) is 6.54 Å². The van der Waals surface area contributed by atoms with Crippen molar-refractivity contribution in [3.63, 3.8) is 0 Å². The number of thiocarbonyl (C=S) groups is 1. The first-order chi connectivity index (χ1) is 8.66. The molecule has 0 fully saturated rings. The molecule has 1 aromatic heterocycles. The van der Waals surface area contributed by atoms with Crippen molar-refractivity contribution >= 4 is 22.9 Å². The fraction of sp³-hybridized carbons (Fsp3) is 0.167. The molecule has 2 aromatic rings. The number of halogens is 1. The second-order valence-corrected chi connectivity index (χ2v) is 4.23. The molecule has 0 radical (unpaired) electrons. The summed E-state index contributed by atoms with van der Waals surface area (Å²) in [4.78, 5) is 4.01. The Bertz CT molecular complexity index is 539. The summed E-state index contributed by atoms with van der Waals surface area (Å²) in [6, 6.07) is 4.73. The van der Waals surface area contributed by atoms with Crippen molar-refractivity contribution in [3.05, 3.63) is 48.3 Å². The smallest absolute Gasteiger partial charge is 0.135 e. The van der Waals surface area contributed by atoms with Gasteiger partial charge in [-0.2, -0.15) is 0 Å². The number of nitrogens with zero attached hydrogens (tertiary/aromatic N) is 2. The number of rotatable bonds is 5. The third-order valence-corrected chi connectivity index (χ3v) is 2.71. The SMILES string of the molecule is NC(=S)c1ccc(NCCn2ccnc2)cc1F. The Kier molecular flexibility index (Phi) is 3.88. The molecule has 3 N–H and O–H groups in total. The average molecular weight is 264 g/mol. The van der Waals surface area contributed by atoms with E-state index in [-0.39, 0.29) is 10.6 Å². The summed E-state index contributed by atoms with van der Waals surface area (Å²) >= 11 is 4.74. The zero-order valence-corrected chi connectivity index (χ0v) is 10.5. The van der Waals surface area contributed by atoms with Crippen molar-refractivity contribution in [1.82, 2.24) is 9.55 Å². The summed E-state index contributed by atoms with van der Waals surface area (Å²) in [6.45, 7) is 1.45. The zero-order chi connectivity index (χ0) is 13.0. The third-order valence-electron chi connectivity index (χ3n) is 2.49. The van der Waals surface area contributed by atoms with E-state index in [1.807, 2.05) is 10.8 Å². The number of benzene rings is 1. The molecule has 18 heavy (non-hydrogen) atoms. The van der Waals surface area contributed by atoms with E-state index >= 15 is 0 Å². The number of hydrogen-bond acceptors (Lipinski definition) is 3. The van der Waals surface area contributed by atoms with E-state index in [1.54, 1.807) is 24.7 Å². The van der Waals surface area contributed by atoms with Crippen LogP contribution in [0.5, 0.6) is 0 Å². The molecule has 0 bridgehead atoms. The van der Waals surface area contributed by atoms with Gasteiger partial charge < -0.3 is 15.6 Å². The van der Waals surface area contributed by atoms with Crippen LogP contribution in [0.25, 0.3) is 0 Å². The number of hydrogen-bond donors (Lipinski definition) is 2. The zero-order valence-electron chi connectivity index (χ0n) is 9.64. The van der Waals surface area contributed by atoms with Gasteiger partial charge in [0.05, 0.1) is 6.33 Å². The molecule has 0 atom stereocenters. The molecule has 0 unspecified atom stereocenters. The number of nitrogens with one attached hydrogen (secondary N) is 1. The summed E-state index contributed by atoms with van der Waals surface area (Å²) < 4.78 is 15.5. The number of imidazole rings is 1. The quantitative estimate of drug-likeness (QED) is 0.808. The lowest BCUT2D eigenvalue weighted by atomic mass is 10.2. The van der Waals surface area contributed by atoms with E-state index in [9.17, 15) is 4.39 Å². The van der Waals surface area contributed by atoms with E-state index in [0.29, 0.717) is 12.2 Å². The van der Waals surface area contributed by atoms with E-state index < -0.39 is 5.82 Å². The molecule has 0 amide bonds. The standard InChI is InChI=1S/C12H13FN4S/c13-11-7-9(1-2-10(11)12(14)18)16-4-6-17-5-3-15-8-17/h1-3,5,7-8,16H,4,6H2,(H2,14,18). The van der Waals surface area contributed by atoms with Gasteiger partial charge in [-0.1, -0.05) is 12.2 Å². The Labute approximate surface area is 110 Å². The van der Waals surface area contributed by atoms with Crippen LogP contribution in [0, 0.1) is 5.82 Å². The van der Waals surface area contributed by atoms with E-state index in [0.717, 1.165) is 6.54 Å². The minimum Gasteiger partial charge on any atom is -0.389 e. The fourth-order valence-electron chi connectivity index (χ4n) is 1.57. The molecular weight excluding hydrogens is 251 g/mol. The van der Waals surface area contributed by atoms with Crippen LogP contribution in [0.1, 0.15) is 5.56 Å². The maximum absolute atomic E-state index is 13.6. The molecule has 94 valence electrons. The first-order valence-electron chi connectivity index (χ1n) is 5.46. The van der Waals surface area contributed by atoms with Crippen LogP contribution in [0.4, 0.5) is 10.1 Å². The molecular formula is C12H13FN4S. The molecule has 1 aromatic carbocycles. The van der Waals surface area contributed by atoms with Gasteiger partial charge in [0, 0.05) is 36.7 Å². The monoisotopic (exact) mass is 264 g/mol. The summed E-state index contributed by atoms with van der Waals surface area (Å²) in [6.07, 6.45) is 5.33. The fourth-order valence-corrected chi connectivity index (χ4v) is 1.74. The van der Waals surface area contributed by atoms with Crippen molar-refractivity contribution < 1.29 is 4.39 Å². The summed E-state index contributed by atoms with van der Waals surface area (Å²) in [5.74, 6) is -0.407. The first-order valence-corrected chi connectivity index (χ1v) is 5.86. The number of nitrogens with two attached hydrogens (primary N) is 1. The highest BCUT2D eigenvalue weighted by atomic mass is 32.1. The molecule has 0 aliphatic rings. The van der Waals surface area contributed by atoms with Gasteiger partial charge >= 0.3 is 0 Å². The Balaban J connectivity index is 1.94. The van der Waals surface area contributed by atoms with Crippen LogP contribution >= 0.6 is 12.2 Å². The van der Waals surface area contributed by atoms with Gasteiger partial charge in [0.2, 0.25) is 0 Å².